The first-order valence-corrected chi connectivity index (χ1v) is 8.49. The maximum atomic E-state index is 4.29. The quantitative estimate of drug-likeness (QED) is 0.815. The summed E-state index contributed by atoms with van der Waals surface area (Å²) in [7, 11) is 4.53. The summed E-state index contributed by atoms with van der Waals surface area (Å²) in [6.45, 7) is 3.25. The molecule has 0 aromatic carbocycles. The lowest BCUT2D eigenvalue weighted by molar-refractivity contribution is 0.0808. The molecule has 0 aliphatic heterocycles. The highest BCUT2D eigenvalue weighted by atomic mass is 15.2. The van der Waals surface area contributed by atoms with Crippen molar-refractivity contribution in [3.63, 3.8) is 0 Å². The molecule has 0 amide bonds. The number of nitrogens with zero attached hydrogens (tertiary/aromatic N) is 2. The van der Waals surface area contributed by atoms with Gasteiger partial charge in [0.15, 0.2) is 0 Å². The molecule has 3 heteroatoms. The number of rotatable bonds is 6. The van der Waals surface area contributed by atoms with Crippen molar-refractivity contribution in [2.24, 2.45) is 0 Å². The van der Waals surface area contributed by atoms with Crippen LogP contribution in [0.5, 0.6) is 0 Å². The highest BCUT2D eigenvalue weighted by Crippen LogP contribution is 2.35. The average molecular weight is 289 g/mol. The van der Waals surface area contributed by atoms with E-state index in [4.69, 9.17) is 0 Å². The number of aromatic nitrogens is 1. The Morgan fingerprint density at radius 1 is 1.24 bits per heavy atom. The van der Waals surface area contributed by atoms with Crippen LogP contribution in [0.15, 0.2) is 24.5 Å². The van der Waals surface area contributed by atoms with Gasteiger partial charge in [0.1, 0.15) is 0 Å². The van der Waals surface area contributed by atoms with Crippen molar-refractivity contribution in [1.82, 2.24) is 15.2 Å². The van der Waals surface area contributed by atoms with Crippen molar-refractivity contribution in [3.8, 4) is 0 Å². The van der Waals surface area contributed by atoms with Gasteiger partial charge in [-0.05, 0) is 51.5 Å². The van der Waals surface area contributed by atoms with Gasteiger partial charge in [0.2, 0.25) is 0 Å². The zero-order valence-electron chi connectivity index (χ0n) is 13.9. The average Bonchev–Trinajstić information content (AvgIpc) is 2.74. The van der Waals surface area contributed by atoms with Gasteiger partial charge in [-0.3, -0.25) is 4.98 Å². The van der Waals surface area contributed by atoms with Crippen molar-refractivity contribution >= 4 is 0 Å². The first kappa shape index (κ1) is 16.4. The Kier molecular flexibility index (Phi) is 6.19. The third-order valence-electron chi connectivity index (χ3n) is 5.12. The van der Waals surface area contributed by atoms with E-state index in [2.05, 4.69) is 42.3 Å². The lowest BCUT2D eigenvalue weighted by Crippen LogP contribution is -2.59. The Morgan fingerprint density at radius 3 is 2.48 bits per heavy atom. The smallest absolute Gasteiger partial charge is 0.0359 e. The van der Waals surface area contributed by atoms with E-state index in [1.54, 1.807) is 0 Å². The molecule has 0 radical (unpaired) electrons. The van der Waals surface area contributed by atoms with Crippen LogP contribution in [0.25, 0.3) is 0 Å². The standard InChI is InChI=1S/C18H31N3/c1-4-20-17(14-16-10-9-13-19-15-16)18(21(2)3)11-7-5-6-8-12-18/h9-10,13,15,17,20H,4-8,11-12,14H2,1-3H3. The first-order chi connectivity index (χ1) is 10.2. The zero-order chi connectivity index (χ0) is 15.1. The molecule has 0 bridgehead atoms. The summed E-state index contributed by atoms with van der Waals surface area (Å²) in [5.74, 6) is 0. The number of likely N-dealkylation sites (N-methyl/N-ethyl adjacent to an activating group) is 2. The van der Waals surface area contributed by atoms with E-state index in [-0.39, 0.29) is 5.54 Å². The Bertz CT molecular complexity index is 394. The SMILES string of the molecule is CCNC(Cc1cccnc1)C1(N(C)C)CCCCCC1. The van der Waals surface area contributed by atoms with Crippen molar-refractivity contribution in [1.29, 1.82) is 0 Å². The van der Waals surface area contributed by atoms with Gasteiger partial charge < -0.3 is 10.2 Å². The molecule has 1 atom stereocenters. The summed E-state index contributed by atoms with van der Waals surface area (Å²) in [6.07, 6.45) is 13.0. The molecule has 1 aliphatic carbocycles. The number of pyridine rings is 1. The number of hydrogen-bond acceptors (Lipinski definition) is 3. The lowest BCUT2D eigenvalue weighted by Gasteiger charge is -2.46. The summed E-state index contributed by atoms with van der Waals surface area (Å²) in [5.41, 5.74) is 1.62. The molecule has 21 heavy (non-hydrogen) atoms. The molecule has 1 saturated carbocycles. The zero-order valence-corrected chi connectivity index (χ0v) is 13.9. The van der Waals surface area contributed by atoms with Gasteiger partial charge in [0.25, 0.3) is 0 Å². The van der Waals surface area contributed by atoms with Crippen molar-refractivity contribution in [2.75, 3.05) is 20.6 Å². The molecule has 1 aliphatic rings. The Morgan fingerprint density at radius 2 is 1.95 bits per heavy atom. The van der Waals surface area contributed by atoms with Crippen LogP contribution < -0.4 is 5.32 Å². The second kappa shape index (κ2) is 7.90. The third kappa shape index (κ3) is 4.04. The molecule has 118 valence electrons. The second-order valence-corrected chi connectivity index (χ2v) is 6.59. The minimum atomic E-state index is 0.280. The normalized spacial score (nSPS) is 20.2. The Labute approximate surface area is 130 Å². The van der Waals surface area contributed by atoms with E-state index >= 15 is 0 Å². The van der Waals surface area contributed by atoms with Gasteiger partial charge in [0.05, 0.1) is 0 Å². The molecule has 2 rings (SSSR count). The molecule has 1 fully saturated rings. The van der Waals surface area contributed by atoms with Gasteiger partial charge in [-0.1, -0.05) is 38.7 Å². The minimum absolute atomic E-state index is 0.280. The van der Waals surface area contributed by atoms with Gasteiger partial charge in [-0.15, -0.1) is 0 Å². The maximum absolute atomic E-state index is 4.29. The highest BCUT2D eigenvalue weighted by molar-refractivity contribution is 5.14. The molecule has 0 saturated heterocycles. The lowest BCUT2D eigenvalue weighted by atomic mass is 9.78. The highest BCUT2D eigenvalue weighted by Gasteiger charge is 2.40. The van der Waals surface area contributed by atoms with Crippen LogP contribution in [-0.2, 0) is 6.42 Å². The van der Waals surface area contributed by atoms with Crippen molar-refractivity contribution < 1.29 is 0 Å². The van der Waals surface area contributed by atoms with Gasteiger partial charge in [-0.2, -0.15) is 0 Å². The van der Waals surface area contributed by atoms with Crippen molar-refractivity contribution in [3.05, 3.63) is 30.1 Å². The predicted octanol–water partition coefficient (Wildman–Crippen LogP) is 3.26. The third-order valence-corrected chi connectivity index (χ3v) is 5.12. The molecule has 1 heterocycles. The van der Waals surface area contributed by atoms with E-state index in [9.17, 15) is 0 Å². The molecular formula is C18H31N3. The summed E-state index contributed by atoms with van der Waals surface area (Å²) in [5, 5.41) is 3.78. The fourth-order valence-electron chi connectivity index (χ4n) is 3.90. The number of hydrogen-bond donors (Lipinski definition) is 1. The van der Waals surface area contributed by atoms with Crippen LogP contribution in [0.3, 0.4) is 0 Å². The van der Waals surface area contributed by atoms with Crippen LogP contribution in [0.4, 0.5) is 0 Å². The van der Waals surface area contributed by atoms with E-state index in [1.165, 1.54) is 44.1 Å². The largest absolute Gasteiger partial charge is 0.312 e. The summed E-state index contributed by atoms with van der Waals surface area (Å²) in [6, 6.07) is 4.75. The van der Waals surface area contributed by atoms with Gasteiger partial charge in [-0.25, -0.2) is 0 Å². The predicted molar refractivity (Wildman–Crippen MR) is 89.5 cm³/mol. The maximum Gasteiger partial charge on any atom is 0.0359 e. The van der Waals surface area contributed by atoms with Crippen LogP contribution in [0, 0.1) is 0 Å². The van der Waals surface area contributed by atoms with Crippen LogP contribution in [-0.4, -0.2) is 42.1 Å². The Hall–Kier alpha value is -0.930. The van der Waals surface area contributed by atoms with Crippen LogP contribution in [0.1, 0.15) is 51.0 Å². The van der Waals surface area contributed by atoms with E-state index in [0.29, 0.717) is 6.04 Å². The second-order valence-electron chi connectivity index (χ2n) is 6.59. The monoisotopic (exact) mass is 289 g/mol. The molecule has 1 unspecified atom stereocenters. The first-order valence-electron chi connectivity index (χ1n) is 8.49. The van der Waals surface area contributed by atoms with Crippen LogP contribution >= 0.6 is 0 Å². The molecule has 1 aromatic rings. The fourth-order valence-corrected chi connectivity index (χ4v) is 3.90. The van der Waals surface area contributed by atoms with E-state index in [0.717, 1.165) is 13.0 Å². The van der Waals surface area contributed by atoms with Crippen molar-refractivity contribution in [2.45, 2.75) is 63.5 Å². The Balaban J connectivity index is 2.23. The van der Waals surface area contributed by atoms with E-state index in [1.807, 2.05) is 18.5 Å². The van der Waals surface area contributed by atoms with E-state index < -0.39 is 0 Å². The molecule has 1 N–H and O–H groups in total. The minimum Gasteiger partial charge on any atom is -0.312 e. The summed E-state index contributed by atoms with van der Waals surface area (Å²) in [4.78, 5) is 6.78. The molecule has 1 aromatic heterocycles. The molecule has 0 spiro atoms. The number of nitrogens with one attached hydrogen (secondary N) is 1. The van der Waals surface area contributed by atoms with Gasteiger partial charge >= 0.3 is 0 Å². The summed E-state index contributed by atoms with van der Waals surface area (Å²) >= 11 is 0. The summed E-state index contributed by atoms with van der Waals surface area (Å²) < 4.78 is 0. The topological polar surface area (TPSA) is 28.2 Å². The van der Waals surface area contributed by atoms with Gasteiger partial charge in [0, 0.05) is 24.0 Å². The van der Waals surface area contributed by atoms with Crippen LogP contribution in [0.2, 0.25) is 0 Å². The molecular weight excluding hydrogens is 258 g/mol. The molecule has 3 nitrogen and oxygen atoms in total. The fraction of sp³-hybridized carbons (Fsp3) is 0.722.